The lowest BCUT2D eigenvalue weighted by molar-refractivity contribution is 0.287. The second kappa shape index (κ2) is 9.94. The highest BCUT2D eigenvalue weighted by Crippen LogP contribution is 2.31. The molecule has 0 aliphatic carbocycles. The summed E-state index contributed by atoms with van der Waals surface area (Å²) in [6, 6.07) is 14.3. The van der Waals surface area contributed by atoms with Crippen LogP contribution >= 0.6 is 0 Å². The number of benzene rings is 2. The van der Waals surface area contributed by atoms with Gasteiger partial charge >= 0.3 is 0 Å². The van der Waals surface area contributed by atoms with Crippen LogP contribution in [0.25, 0.3) is 0 Å². The van der Waals surface area contributed by atoms with Gasteiger partial charge in [-0.05, 0) is 69.1 Å². The predicted octanol–water partition coefficient (Wildman–Crippen LogP) is 4.17. The van der Waals surface area contributed by atoms with Crippen LogP contribution in [0.1, 0.15) is 37.8 Å². The second-order valence-corrected chi connectivity index (χ2v) is 5.79. The SMILES string of the molecule is CCOc1cccc(C(CN)Cc2ccc(OCC)c(OCC)c2)c1. The van der Waals surface area contributed by atoms with Crippen LogP contribution in [0.4, 0.5) is 0 Å². The predicted molar refractivity (Wildman–Crippen MR) is 102 cm³/mol. The second-order valence-electron chi connectivity index (χ2n) is 5.79. The molecule has 0 saturated carbocycles. The van der Waals surface area contributed by atoms with Gasteiger partial charge in [0.25, 0.3) is 0 Å². The van der Waals surface area contributed by atoms with Crippen molar-refractivity contribution < 1.29 is 14.2 Å². The summed E-state index contributed by atoms with van der Waals surface area (Å²) in [4.78, 5) is 0. The van der Waals surface area contributed by atoms with Crippen molar-refractivity contribution in [3.05, 3.63) is 53.6 Å². The van der Waals surface area contributed by atoms with E-state index in [4.69, 9.17) is 19.9 Å². The molecule has 0 aliphatic rings. The molecule has 1 atom stereocenters. The monoisotopic (exact) mass is 343 g/mol. The summed E-state index contributed by atoms with van der Waals surface area (Å²) >= 11 is 0. The highest BCUT2D eigenvalue weighted by molar-refractivity contribution is 5.44. The van der Waals surface area contributed by atoms with Crippen LogP contribution in [0.2, 0.25) is 0 Å². The molecule has 0 saturated heterocycles. The quantitative estimate of drug-likeness (QED) is 0.703. The van der Waals surface area contributed by atoms with E-state index >= 15 is 0 Å². The molecule has 0 amide bonds. The third-order valence-corrected chi connectivity index (χ3v) is 4.01. The Morgan fingerprint density at radius 3 is 2.24 bits per heavy atom. The fourth-order valence-corrected chi connectivity index (χ4v) is 2.87. The molecule has 0 aromatic heterocycles. The minimum atomic E-state index is 0.229. The van der Waals surface area contributed by atoms with Crippen LogP contribution in [0, 0.1) is 0 Å². The molecule has 2 N–H and O–H groups in total. The van der Waals surface area contributed by atoms with E-state index in [0.29, 0.717) is 26.4 Å². The Bertz CT molecular complexity index is 657. The lowest BCUT2D eigenvalue weighted by Gasteiger charge is -2.18. The van der Waals surface area contributed by atoms with E-state index in [0.717, 1.165) is 23.7 Å². The Balaban J connectivity index is 2.20. The van der Waals surface area contributed by atoms with E-state index in [1.807, 2.05) is 39.0 Å². The highest BCUT2D eigenvalue weighted by Gasteiger charge is 2.14. The minimum Gasteiger partial charge on any atom is -0.494 e. The molecule has 2 aromatic rings. The lowest BCUT2D eigenvalue weighted by atomic mass is 9.92. The van der Waals surface area contributed by atoms with Gasteiger partial charge in [0, 0.05) is 5.92 Å². The fourth-order valence-electron chi connectivity index (χ4n) is 2.87. The molecular weight excluding hydrogens is 314 g/mol. The van der Waals surface area contributed by atoms with Gasteiger partial charge in [0.2, 0.25) is 0 Å². The van der Waals surface area contributed by atoms with Crippen molar-refractivity contribution in [2.45, 2.75) is 33.1 Å². The maximum Gasteiger partial charge on any atom is 0.161 e. The van der Waals surface area contributed by atoms with Crippen LogP contribution in [-0.4, -0.2) is 26.4 Å². The maximum atomic E-state index is 6.05. The van der Waals surface area contributed by atoms with Gasteiger partial charge in [-0.3, -0.25) is 0 Å². The van der Waals surface area contributed by atoms with Crippen LogP contribution in [0.5, 0.6) is 17.2 Å². The zero-order valence-corrected chi connectivity index (χ0v) is 15.5. The Morgan fingerprint density at radius 2 is 1.56 bits per heavy atom. The third kappa shape index (κ3) is 5.40. The van der Waals surface area contributed by atoms with E-state index < -0.39 is 0 Å². The molecular formula is C21H29NO3. The Kier molecular flexibility index (Phi) is 7.61. The first kappa shape index (κ1) is 19.1. The van der Waals surface area contributed by atoms with Crippen molar-refractivity contribution >= 4 is 0 Å². The summed E-state index contributed by atoms with van der Waals surface area (Å²) < 4.78 is 17.0. The average Bonchev–Trinajstić information content (AvgIpc) is 2.62. The van der Waals surface area contributed by atoms with E-state index in [9.17, 15) is 0 Å². The van der Waals surface area contributed by atoms with Crippen molar-refractivity contribution in [3.63, 3.8) is 0 Å². The molecule has 0 fully saturated rings. The van der Waals surface area contributed by atoms with Gasteiger partial charge in [-0.15, -0.1) is 0 Å². The summed E-state index contributed by atoms with van der Waals surface area (Å²) in [6.45, 7) is 8.40. The lowest BCUT2D eigenvalue weighted by Crippen LogP contribution is -2.15. The summed E-state index contributed by atoms with van der Waals surface area (Å²) in [7, 11) is 0. The van der Waals surface area contributed by atoms with Crippen LogP contribution < -0.4 is 19.9 Å². The van der Waals surface area contributed by atoms with E-state index in [-0.39, 0.29) is 5.92 Å². The molecule has 2 rings (SSSR count). The normalized spacial score (nSPS) is 11.8. The van der Waals surface area contributed by atoms with E-state index in [1.54, 1.807) is 0 Å². The smallest absolute Gasteiger partial charge is 0.161 e. The van der Waals surface area contributed by atoms with Gasteiger partial charge in [0.1, 0.15) is 5.75 Å². The van der Waals surface area contributed by atoms with Crippen molar-refractivity contribution in [1.29, 1.82) is 0 Å². The number of hydrogen-bond donors (Lipinski definition) is 1. The number of hydrogen-bond acceptors (Lipinski definition) is 4. The molecule has 25 heavy (non-hydrogen) atoms. The van der Waals surface area contributed by atoms with Crippen LogP contribution in [0.3, 0.4) is 0 Å². The summed E-state index contributed by atoms with van der Waals surface area (Å²) in [5, 5.41) is 0. The first-order chi connectivity index (χ1) is 12.2. The Morgan fingerprint density at radius 1 is 0.840 bits per heavy atom. The number of nitrogens with two attached hydrogens (primary N) is 1. The van der Waals surface area contributed by atoms with E-state index in [2.05, 4.69) is 24.3 Å². The fraction of sp³-hybridized carbons (Fsp3) is 0.429. The molecule has 4 heteroatoms. The Labute approximate surface area is 150 Å². The van der Waals surface area contributed by atoms with Gasteiger partial charge in [-0.1, -0.05) is 18.2 Å². The number of rotatable bonds is 10. The zero-order valence-electron chi connectivity index (χ0n) is 15.5. The number of ether oxygens (including phenoxy) is 3. The molecule has 1 unspecified atom stereocenters. The van der Waals surface area contributed by atoms with Gasteiger partial charge in [-0.2, -0.15) is 0 Å². The Hall–Kier alpha value is -2.20. The van der Waals surface area contributed by atoms with Crippen molar-refractivity contribution in [3.8, 4) is 17.2 Å². The average molecular weight is 343 g/mol. The molecule has 0 heterocycles. The molecule has 0 aliphatic heterocycles. The molecule has 4 nitrogen and oxygen atoms in total. The van der Waals surface area contributed by atoms with Gasteiger partial charge in [-0.25, -0.2) is 0 Å². The third-order valence-electron chi connectivity index (χ3n) is 4.01. The zero-order chi connectivity index (χ0) is 18.1. The summed E-state index contributed by atoms with van der Waals surface area (Å²) in [6.07, 6.45) is 0.846. The largest absolute Gasteiger partial charge is 0.494 e. The molecule has 0 bridgehead atoms. The molecule has 136 valence electrons. The standard InChI is InChI=1S/C21H29NO3/c1-4-23-19-9-7-8-17(14-19)18(15-22)12-16-10-11-20(24-5-2)21(13-16)25-6-3/h7-11,13-14,18H,4-6,12,15,22H2,1-3H3. The van der Waals surface area contributed by atoms with Crippen LogP contribution in [-0.2, 0) is 6.42 Å². The highest BCUT2D eigenvalue weighted by atomic mass is 16.5. The van der Waals surface area contributed by atoms with Gasteiger partial charge < -0.3 is 19.9 Å². The summed E-state index contributed by atoms with van der Waals surface area (Å²) in [5.74, 6) is 2.70. The maximum absolute atomic E-state index is 6.05. The first-order valence-electron chi connectivity index (χ1n) is 9.03. The van der Waals surface area contributed by atoms with Gasteiger partial charge in [0.05, 0.1) is 19.8 Å². The first-order valence-corrected chi connectivity index (χ1v) is 9.03. The van der Waals surface area contributed by atoms with E-state index in [1.165, 1.54) is 11.1 Å². The molecule has 2 aromatic carbocycles. The minimum absolute atomic E-state index is 0.229. The van der Waals surface area contributed by atoms with Crippen molar-refractivity contribution in [1.82, 2.24) is 0 Å². The van der Waals surface area contributed by atoms with Crippen LogP contribution in [0.15, 0.2) is 42.5 Å². The topological polar surface area (TPSA) is 53.7 Å². The molecule has 0 spiro atoms. The van der Waals surface area contributed by atoms with Gasteiger partial charge in [0.15, 0.2) is 11.5 Å². The van der Waals surface area contributed by atoms with Crippen molar-refractivity contribution in [2.24, 2.45) is 5.73 Å². The molecule has 0 radical (unpaired) electrons. The van der Waals surface area contributed by atoms with Crippen molar-refractivity contribution in [2.75, 3.05) is 26.4 Å². The summed E-state index contributed by atoms with van der Waals surface area (Å²) in [5.41, 5.74) is 8.43.